The summed E-state index contributed by atoms with van der Waals surface area (Å²) in [7, 11) is 0. The molecular weight excluding hydrogens is 424 g/mol. The first-order valence-corrected chi connectivity index (χ1v) is 12.5. The molecule has 1 amide bonds. The number of hydrogen-bond acceptors (Lipinski definition) is 3. The number of carbonyl (C=O) groups excluding carboxylic acids is 1. The number of rotatable bonds is 1. The lowest BCUT2D eigenvalue weighted by molar-refractivity contribution is -0.0967. The molecule has 1 saturated carbocycles. The van der Waals surface area contributed by atoms with Gasteiger partial charge in [0.25, 0.3) is 5.91 Å². The van der Waals surface area contributed by atoms with Gasteiger partial charge >= 0.3 is 0 Å². The summed E-state index contributed by atoms with van der Waals surface area (Å²) in [5, 5.41) is 21.0. The average molecular weight is 460 g/mol. The molecule has 0 spiro atoms. The summed E-state index contributed by atoms with van der Waals surface area (Å²) in [6.07, 6.45) is 6.13. The van der Waals surface area contributed by atoms with Gasteiger partial charge in [0.05, 0.1) is 12.2 Å². The summed E-state index contributed by atoms with van der Waals surface area (Å²) < 4.78 is 29.1. The van der Waals surface area contributed by atoms with Crippen molar-refractivity contribution < 1.29 is 23.8 Å². The first kappa shape index (κ1) is 23.0. The second-order valence-corrected chi connectivity index (χ2v) is 11.1. The molecule has 4 nitrogen and oxygen atoms in total. The van der Waals surface area contributed by atoms with E-state index in [2.05, 4.69) is 13.8 Å². The van der Waals surface area contributed by atoms with Crippen molar-refractivity contribution in [1.29, 1.82) is 0 Å². The van der Waals surface area contributed by atoms with E-state index in [1.54, 1.807) is 4.90 Å². The van der Waals surface area contributed by atoms with Gasteiger partial charge in [0.2, 0.25) is 0 Å². The van der Waals surface area contributed by atoms with Gasteiger partial charge in [0.1, 0.15) is 17.2 Å². The average Bonchev–Trinajstić information content (AvgIpc) is 2.95. The molecule has 4 aliphatic rings. The van der Waals surface area contributed by atoms with Crippen LogP contribution in [0.15, 0.2) is 29.3 Å². The summed E-state index contributed by atoms with van der Waals surface area (Å²) in [4.78, 5) is 15.3. The van der Waals surface area contributed by atoms with E-state index in [0.29, 0.717) is 13.0 Å². The number of nitrogens with zero attached hydrogens (tertiary/aromatic N) is 1. The van der Waals surface area contributed by atoms with E-state index in [1.807, 2.05) is 0 Å². The Balaban J connectivity index is 1.54. The quantitative estimate of drug-likeness (QED) is 0.582. The van der Waals surface area contributed by atoms with Gasteiger partial charge in [-0.05, 0) is 81.8 Å². The minimum Gasteiger partial charge on any atom is -0.390 e. The number of hydrogen-bond donors (Lipinski definition) is 2. The van der Waals surface area contributed by atoms with E-state index in [4.69, 9.17) is 0 Å². The Kier molecular flexibility index (Phi) is 5.68. The highest BCUT2D eigenvalue weighted by atomic mass is 19.1. The Labute approximate surface area is 194 Å². The molecule has 3 unspecified atom stereocenters. The predicted octanol–water partition coefficient (Wildman–Crippen LogP) is 4.99. The van der Waals surface area contributed by atoms with Crippen molar-refractivity contribution in [2.24, 2.45) is 17.3 Å². The van der Waals surface area contributed by atoms with Crippen molar-refractivity contribution in [3.63, 3.8) is 0 Å². The van der Waals surface area contributed by atoms with Crippen molar-refractivity contribution in [1.82, 2.24) is 4.90 Å². The highest BCUT2D eigenvalue weighted by Gasteiger charge is 2.55. The molecule has 5 rings (SSSR count). The molecule has 1 aliphatic heterocycles. The Morgan fingerprint density at radius 1 is 1.03 bits per heavy atom. The Bertz CT molecular complexity index is 973. The number of likely N-dealkylation sites (tertiary alicyclic amines) is 1. The minimum absolute atomic E-state index is 0.0559. The van der Waals surface area contributed by atoms with Crippen LogP contribution in [0.4, 0.5) is 8.78 Å². The Hall–Kier alpha value is -1.79. The Morgan fingerprint density at radius 2 is 1.76 bits per heavy atom. The van der Waals surface area contributed by atoms with Crippen LogP contribution in [-0.4, -0.2) is 45.3 Å². The van der Waals surface area contributed by atoms with E-state index in [1.165, 1.54) is 17.2 Å². The van der Waals surface area contributed by atoms with Gasteiger partial charge in [-0.25, -0.2) is 8.78 Å². The fourth-order valence-electron chi connectivity index (χ4n) is 7.75. The molecule has 3 aliphatic carbocycles. The molecule has 1 aromatic rings. The lowest BCUT2D eigenvalue weighted by atomic mass is 9.51. The zero-order chi connectivity index (χ0) is 23.5. The summed E-state index contributed by atoms with van der Waals surface area (Å²) in [5.74, 6) is -1.93. The smallest absolute Gasteiger partial charge is 0.260 e. The normalized spacial score (nSPS) is 38.8. The van der Waals surface area contributed by atoms with E-state index in [0.717, 1.165) is 63.5 Å². The number of benzene rings is 1. The first-order valence-electron chi connectivity index (χ1n) is 12.5. The van der Waals surface area contributed by atoms with Crippen LogP contribution in [0.25, 0.3) is 0 Å². The number of allylic oxidation sites excluding steroid dienone is 1. The minimum atomic E-state index is -0.803. The highest BCUT2D eigenvalue weighted by molar-refractivity contribution is 5.95. The molecule has 2 N–H and O–H groups in total. The van der Waals surface area contributed by atoms with Crippen LogP contribution in [0.1, 0.15) is 82.0 Å². The molecule has 0 aromatic heterocycles. The van der Waals surface area contributed by atoms with E-state index < -0.39 is 40.9 Å². The lowest BCUT2D eigenvalue weighted by Gasteiger charge is -2.57. The number of amides is 1. The third kappa shape index (κ3) is 3.39. The van der Waals surface area contributed by atoms with Crippen molar-refractivity contribution in [3.8, 4) is 0 Å². The fourth-order valence-corrected chi connectivity index (χ4v) is 7.75. The van der Waals surface area contributed by atoms with Crippen LogP contribution in [0.5, 0.6) is 0 Å². The number of fused-ring (bicyclic) bond motifs is 4. The molecule has 33 heavy (non-hydrogen) atoms. The van der Waals surface area contributed by atoms with Crippen LogP contribution in [0.3, 0.4) is 0 Å². The van der Waals surface area contributed by atoms with Gasteiger partial charge in [-0.15, -0.1) is 0 Å². The maximum atomic E-state index is 14.5. The summed E-state index contributed by atoms with van der Waals surface area (Å²) in [6.45, 7) is 4.86. The third-order valence-electron chi connectivity index (χ3n) is 9.60. The maximum Gasteiger partial charge on any atom is 0.260 e. The first-order chi connectivity index (χ1) is 15.7. The van der Waals surface area contributed by atoms with Crippen LogP contribution in [0, 0.1) is 28.9 Å². The predicted molar refractivity (Wildman–Crippen MR) is 121 cm³/mol. The van der Waals surface area contributed by atoms with Gasteiger partial charge < -0.3 is 15.1 Å². The summed E-state index contributed by atoms with van der Waals surface area (Å²) in [5.41, 5.74) is 1.75. The second-order valence-electron chi connectivity index (χ2n) is 11.1. The summed E-state index contributed by atoms with van der Waals surface area (Å²) >= 11 is 0. The van der Waals surface area contributed by atoms with E-state index in [9.17, 15) is 23.8 Å². The molecule has 0 radical (unpaired) electrons. The van der Waals surface area contributed by atoms with Crippen LogP contribution in [0.2, 0.25) is 0 Å². The monoisotopic (exact) mass is 459 g/mol. The molecule has 6 heteroatoms. The van der Waals surface area contributed by atoms with Crippen molar-refractivity contribution in [2.45, 2.75) is 89.4 Å². The van der Waals surface area contributed by atoms with Crippen molar-refractivity contribution in [2.75, 3.05) is 6.54 Å². The number of aliphatic hydroxyl groups is 2. The van der Waals surface area contributed by atoms with Gasteiger partial charge in [0.15, 0.2) is 0 Å². The van der Waals surface area contributed by atoms with E-state index >= 15 is 0 Å². The number of halogens is 2. The van der Waals surface area contributed by atoms with Crippen LogP contribution >= 0.6 is 0 Å². The number of aliphatic hydroxyl groups excluding tert-OH is 2. The Morgan fingerprint density at radius 3 is 2.48 bits per heavy atom. The molecule has 1 saturated heterocycles. The zero-order valence-electron chi connectivity index (χ0n) is 19.6. The fraction of sp³-hybridized carbons (Fsp3) is 0.667. The molecule has 6 atom stereocenters. The van der Waals surface area contributed by atoms with Gasteiger partial charge in [-0.3, -0.25) is 4.79 Å². The molecule has 1 aromatic carbocycles. The molecular formula is C27H35F2NO3. The highest BCUT2D eigenvalue weighted by Crippen LogP contribution is 2.60. The van der Waals surface area contributed by atoms with Crippen LogP contribution < -0.4 is 0 Å². The molecule has 0 bridgehead atoms. The third-order valence-corrected chi connectivity index (χ3v) is 9.60. The van der Waals surface area contributed by atoms with Gasteiger partial charge in [0, 0.05) is 18.0 Å². The van der Waals surface area contributed by atoms with Crippen LogP contribution in [-0.2, 0) is 0 Å². The zero-order valence-corrected chi connectivity index (χ0v) is 19.6. The lowest BCUT2D eigenvalue weighted by Crippen LogP contribution is -2.58. The molecule has 2 fully saturated rings. The second kappa shape index (κ2) is 8.16. The standard InChI is InChI=1S/C27H35F2NO3/c1-26-13-12-22(31)24(32)19(26)10-9-16-17(26)11-14-27(2)18(16)6-3-4-15-30(27)25(33)23-20(28)7-5-8-21(23)29/h5,7-8,18-19,22,24,31-32H,3-4,6,9-15H2,1-2H3/t18?,19?,22-,24+,26?,27-/m0/s1. The maximum absolute atomic E-state index is 14.5. The SMILES string of the molecule is CC12CC[C@H](O)[C@H](O)C1CCC1=C2CC[C@@]2(C)C1CCCCN2C(=O)c1c(F)cccc1F. The van der Waals surface area contributed by atoms with Gasteiger partial charge in [-0.2, -0.15) is 0 Å². The van der Waals surface area contributed by atoms with Crippen molar-refractivity contribution >= 4 is 5.91 Å². The summed E-state index contributed by atoms with van der Waals surface area (Å²) in [6, 6.07) is 3.60. The van der Waals surface area contributed by atoms with Crippen molar-refractivity contribution in [3.05, 3.63) is 46.5 Å². The van der Waals surface area contributed by atoms with Gasteiger partial charge in [-0.1, -0.05) is 30.6 Å². The van der Waals surface area contributed by atoms with E-state index in [-0.39, 0.29) is 17.3 Å². The molecule has 180 valence electrons. The number of carbonyl (C=O) groups is 1. The topological polar surface area (TPSA) is 60.8 Å². The largest absolute Gasteiger partial charge is 0.390 e. The molecule has 1 heterocycles.